The summed E-state index contributed by atoms with van der Waals surface area (Å²) in [5, 5.41) is 19.6. The summed E-state index contributed by atoms with van der Waals surface area (Å²) in [5.41, 5.74) is 2.82. The van der Waals surface area contributed by atoms with Gasteiger partial charge in [-0.05, 0) is 63.1 Å². The third-order valence-electron chi connectivity index (χ3n) is 8.61. The average Bonchev–Trinajstić information content (AvgIpc) is 3.29. The van der Waals surface area contributed by atoms with E-state index in [0.717, 1.165) is 35.4 Å². The molecule has 2 atom stereocenters. The number of aromatic nitrogens is 2. The third kappa shape index (κ3) is 6.41. The number of aliphatic hydroxyl groups is 1. The first kappa shape index (κ1) is 32.1. The molecular formula is C30H46N6O5S. The maximum absolute atomic E-state index is 13.8. The number of H-pyrrole nitrogens is 1. The van der Waals surface area contributed by atoms with Crippen LogP contribution in [0.5, 0.6) is 0 Å². The first-order chi connectivity index (χ1) is 19.9. The maximum Gasteiger partial charge on any atom is 0.246 e. The molecule has 11 nitrogen and oxygen atoms in total. The first-order valence-corrected chi connectivity index (χ1v) is 16.5. The van der Waals surface area contributed by atoms with Crippen LogP contribution in [-0.2, 0) is 19.6 Å². The third-order valence-corrected chi connectivity index (χ3v) is 10.1. The lowest BCUT2D eigenvalue weighted by Crippen LogP contribution is -2.73. The summed E-state index contributed by atoms with van der Waals surface area (Å²) in [4.78, 5) is 31.8. The van der Waals surface area contributed by atoms with E-state index in [1.54, 1.807) is 12.1 Å². The molecule has 12 heteroatoms. The van der Waals surface area contributed by atoms with E-state index >= 15 is 0 Å². The number of likely N-dealkylation sites (tertiary alicyclic amines) is 1. The van der Waals surface area contributed by atoms with Gasteiger partial charge in [-0.2, -0.15) is 5.10 Å². The van der Waals surface area contributed by atoms with Gasteiger partial charge in [0.1, 0.15) is 11.6 Å². The topological polar surface area (TPSA) is 148 Å². The molecule has 3 heterocycles. The van der Waals surface area contributed by atoms with E-state index in [0.29, 0.717) is 38.9 Å². The number of carbonyl (C=O) groups excluding carboxylic acids is 2. The van der Waals surface area contributed by atoms with Crippen molar-refractivity contribution in [1.82, 2.24) is 30.0 Å². The number of sulfonamides is 1. The molecule has 42 heavy (non-hydrogen) atoms. The van der Waals surface area contributed by atoms with Gasteiger partial charge in [-0.3, -0.25) is 19.6 Å². The minimum atomic E-state index is -3.74. The molecule has 0 aliphatic carbocycles. The summed E-state index contributed by atoms with van der Waals surface area (Å²) in [6, 6.07) is 6.08. The second kappa shape index (κ2) is 13.2. The lowest BCUT2D eigenvalue weighted by Gasteiger charge is -2.52. The Hall–Kier alpha value is -2.80. The molecule has 2 fully saturated rings. The van der Waals surface area contributed by atoms with Gasteiger partial charge in [0.05, 0.1) is 23.2 Å². The highest BCUT2D eigenvalue weighted by atomic mass is 32.2. The van der Waals surface area contributed by atoms with Crippen LogP contribution in [0.2, 0.25) is 0 Å². The highest BCUT2D eigenvalue weighted by Crippen LogP contribution is 2.40. The zero-order valence-electron chi connectivity index (χ0n) is 25.4. The fourth-order valence-corrected chi connectivity index (χ4v) is 7.43. The molecule has 2 aromatic rings. The molecule has 0 radical (unpaired) electrons. The maximum atomic E-state index is 13.8. The molecule has 2 aliphatic heterocycles. The lowest BCUT2D eigenvalue weighted by atomic mass is 9.79. The molecule has 232 valence electrons. The van der Waals surface area contributed by atoms with Gasteiger partial charge in [0.15, 0.2) is 0 Å². The lowest BCUT2D eigenvalue weighted by molar-refractivity contribution is -0.162. The monoisotopic (exact) mass is 602 g/mol. The zero-order chi connectivity index (χ0) is 30.7. The Bertz CT molecular complexity index is 1330. The van der Waals surface area contributed by atoms with Crippen molar-refractivity contribution >= 4 is 21.8 Å². The molecule has 1 unspecified atom stereocenters. The van der Waals surface area contributed by atoms with Crippen LogP contribution >= 0.6 is 0 Å². The normalized spacial score (nSPS) is 20.4. The van der Waals surface area contributed by atoms with Gasteiger partial charge >= 0.3 is 0 Å². The summed E-state index contributed by atoms with van der Waals surface area (Å²) in [5.74, 6) is 0.257. The Labute approximate surface area is 249 Å². The van der Waals surface area contributed by atoms with Crippen LogP contribution in [0, 0.1) is 19.8 Å². The number of piperidine rings is 1. The van der Waals surface area contributed by atoms with Crippen molar-refractivity contribution in [2.45, 2.75) is 89.2 Å². The zero-order valence-corrected chi connectivity index (χ0v) is 26.3. The molecule has 1 aromatic carbocycles. The predicted molar refractivity (Wildman–Crippen MR) is 160 cm³/mol. The number of amides is 2. The van der Waals surface area contributed by atoms with E-state index in [-0.39, 0.29) is 41.8 Å². The van der Waals surface area contributed by atoms with Crippen LogP contribution in [0.25, 0.3) is 0 Å². The number of aryl methyl sites for hydroxylation is 2. The number of piperazine rings is 1. The van der Waals surface area contributed by atoms with Gasteiger partial charge in [0.25, 0.3) is 0 Å². The number of carbonyl (C=O) groups is 2. The quantitative estimate of drug-likeness (QED) is 0.292. The summed E-state index contributed by atoms with van der Waals surface area (Å²) in [6.07, 6.45) is 3.42. The van der Waals surface area contributed by atoms with Crippen LogP contribution < -0.4 is 10.0 Å². The van der Waals surface area contributed by atoms with Gasteiger partial charge in [-0.25, -0.2) is 13.1 Å². The Morgan fingerprint density at radius 2 is 1.81 bits per heavy atom. The van der Waals surface area contributed by atoms with E-state index in [1.165, 1.54) is 0 Å². The first-order valence-electron chi connectivity index (χ1n) is 15.0. The number of aliphatic hydroxyl groups excluding tert-OH is 1. The molecular weight excluding hydrogens is 556 g/mol. The molecule has 0 saturated carbocycles. The SMILES string of the molecule is CCCCN1C(=O)[C@H](CC(C)C)NC(=O)C12CCN(C(c1ccc(S(=O)(=O)NCCO)cc1)c1c(C)n[nH]c1C)CC2. The van der Waals surface area contributed by atoms with Gasteiger partial charge in [-0.1, -0.05) is 39.3 Å². The number of aromatic amines is 1. The van der Waals surface area contributed by atoms with Gasteiger partial charge < -0.3 is 15.3 Å². The Kier molecular flexibility index (Phi) is 10.1. The second-order valence-electron chi connectivity index (χ2n) is 12.0. The Morgan fingerprint density at radius 3 is 2.36 bits per heavy atom. The van der Waals surface area contributed by atoms with E-state index in [1.807, 2.05) is 30.9 Å². The molecule has 1 aromatic heterocycles. The molecule has 4 N–H and O–H groups in total. The van der Waals surface area contributed by atoms with Crippen molar-refractivity contribution in [2.24, 2.45) is 5.92 Å². The van der Waals surface area contributed by atoms with Crippen molar-refractivity contribution in [3.8, 4) is 0 Å². The molecule has 1 spiro atoms. The van der Waals surface area contributed by atoms with Gasteiger partial charge in [0.2, 0.25) is 21.8 Å². The number of unbranched alkanes of at least 4 members (excludes halogenated alkanes) is 1. The van der Waals surface area contributed by atoms with E-state index in [9.17, 15) is 18.0 Å². The van der Waals surface area contributed by atoms with E-state index in [4.69, 9.17) is 5.11 Å². The number of rotatable bonds is 12. The fourth-order valence-electron chi connectivity index (χ4n) is 6.41. The van der Waals surface area contributed by atoms with Crippen molar-refractivity contribution in [1.29, 1.82) is 0 Å². The van der Waals surface area contributed by atoms with Crippen LogP contribution in [0.4, 0.5) is 0 Å². The number of hydrogen-bond acceptors (Lipinski definition) is 7. The highest BCUT2D eigenvalue weighted by molar-refractivity contribution is 7.89. The minimum absolute atomic E-state index is 0.0230. The van der Waals surface area contributed by atoms with Crippen molar-refractivity contribution in [3.63, 3.8) is 0 Å². The Balaban J connectivity index is 1.64. The van der Waals surface area contributed by atoms with Crippen LogP contribution in [-0.4, -0.2) is 89.7 Å². The molecule has 0 bridgehead atoms. The minimum Gasteiger partial charge on any atom is -0.395 e. The average molecular weight is 603 g/mol. The smallest absolute Gasteiger partial charge is 0.246 e. The standard InChI is InChI=1S/C30H46N6O5S/c1-6-7-15-36-28(38)25(19-20(2)3)32-29(39)30(36)12-16-35(17-13-30)27(26-21(4)33-34-22(26)5)23-8-10-24(11-9-23)42(40,41)31-14-18-37/h8-11,20,25,27,31,37H,6-7,12-19H2,1-5H3,(H,32,39)(H,33,34)/t25-,27?/m0/s1. The highest BCUT2D eigenvalue weighted by Gasteiger charge is 2.54. The number of benzene rings is 1. The molecule has 2 amide bonds. The summed E-state index contributed by atoms with van der Waals surface area (Å²) in [7, 11) is -3.74. The van der Waals surface area contributed by atoms with Crippen LogP contribution in [0.3, 0.4) is 0 Å². The molecule has 2 aliphatic rings. The fraction of sp³-hybridized carbons (Fsp3) is 0.633. The summed E-state index contributed by atoms with van der Waals surface area (Å²) < 4.78 is 27.6. The van der Waals surface area contributed by atoms with Crippen molar-refractivity contribution in [2.75, 3.05) is 32.8 Å². The number of nitrogens with zero attached hydrogens (tertiary/aromatic N) is 3. The molecule has 4 rings (SSSR count). The number of nitrogens with one attached hydrogen (secondary N) is 3. The van der Waals surface area contributed by atoms with Gasteiger partial charge in [-0.15, -0.1) is 0 Å². The van der Waals surface area contributed by atoms with Crippen molar-refractivity contribution in [3.05, 3.63) is 46.8 Å². The van der Waals surface area contributed by atoms with Crippen molar-refractivity contribution < 1.29 is 23.1 Å². The predicted octanol–water partition coefficient (Wildman–Crippen LogP) is 2.39. The largest absolute Gasteiger partial charge is 0.395 e. The van der Waals surface area contributed by atoms with E-state index in [2.05, 4.69) is 45.9 Å². The van der Waals surface area contributed by atoms with Crippen LogP contribution in [0.15, 0.2) is 29.2 Å². The number of hydrogen-bond donors (Lipinski definition) is 4. The Morgan fingerprint density at radius 1 is 1.14 bits per heavy atom. The van der Waals surface area contributed by atoms with Crippen LogP contribution in [0.1, 0.15) is 81.4 Å². The van der Waals surface area contributed by atoms with Gasteiger partial charge in [0, 0.05) is 37.4 Å². The second-order valence-corrected chi connectivity index (χ2v) is 13.8. The summed E-state index contributed by atoms with van der Waals surface area (Å²) >= 11 is 0. The van der Waals surface area contributed by atoms with E-state index < -0.39 is 21.6 Å². The summed E-state index contributed by atoms with van der Waals surface area (Å²) in [6.45, 7) is 11.5. The molecule has 2 saturated heterocycles.